The van der Waals surface area contributed by atoms with Gasteiger partial charge in [-0.25, -0.2) is 5.43 Å². The molecule has 1 heterocycles. The Hall–Kier alpha value is -3.74. The first-order chi connectivity index (χ1) is 13.6. The second kappa shape index (κ2) is 8.77. The normalized spacial score (nSPS) is 10.7. The van der Waals surface area contributed by atoms with E-state index in [2.05, 4.69) is 10.5 Å². The van der Waals surface area contributed by atoms with Crippen LogP contribution in [0.4, 0.5) is 0 Å². The largest absolute Gasteiger partial charge is 0.497 e. The lowest BCUT2D eigenvalue weighted by atomic mass is 10.2. The van der Waals surface area contributed by atoms with E-state index in [0.717, 1.165) is 16.9 Å². The number of amides is 1. The van der Waals surface area contributed by atoms with Crippen LogP contribution in [-0.4, -0.2) is 33.5 Å². The average molecular weight is 380 g/mol. The lowest BCUT2D eigenvalue weighted by Gasteiger charge is -2.05. The molecule has 0 spiro atoms. The van der Waals surface area contributed by atoms with E-state index in [1.54, 1.807) is 51.7 Å². The van der Waals surface area contributed by atoms with Crippen molar-refractivity contribution in [3.05, 3.63) is 65.9 Å². The highest BCUT2D eigenvalue weighted by Crippen LogP contribution is 2.24. The fourth-order valence-electron chi connectivity index (χ4n) is 2.49. The van der Waals surface area contributed by atoms with Crippen molar-refractivity contribution < 1.29 is 23.4 Å². The van der Waals surface area contributed by atoms with Gasteiger partial charge in [0.25, 0.3) is 0 Å². The van der Waals surface area contributed by atoms with Gasteiger partial charge in [0.05, 0.1) is 27.5 Å². The minimum absolute atomic E-state index is 0.159. The van der Waals surface area contributed by atoms with Crippen LogP contribution in [0, 0.1) is 0 Å². The Balaban J connectivity index is 1.67. The minimum atomic E-state index is -0.453. The number of hydrazone groups is 1. The summed E-state index contributed by atoms with van der Waals surface area (Å²) >= 11 is 0. The molecule has 0 saturated heterocycles. The Morgan fingerprint density at radius 1 is 0.893 bits per heavy atom. The van der Waals surface area contributed by atoms with Gasteiger partial charge in [-0.2, -0.15) is 5.10 Å². The van der Waals surface area contributed by atoms with Crippen LogP contribution in [0.15, 0.2) is 64.1 Å². The maximum Gasteiger partial charge on any atom is 0.307 e. The second-order valence-electron chi connectivity index (χ2n) is 5.74. The van der Waals surface area contributed by atoms with Crippen LogP contribution in [0.3, 0.4) is 0 Å². The average Bonchev–Trinajstić information content (AvgIpc) is 3.24. The smallest absolute Gasteiger partial charge is 0.307 e. The van der Waals surface area contributed by atoms with Crippen LogP contribution in [0.5, 0.6) is 17.2 Å². The SMILES string of the molecule is COc1ccc(-c2ccc(C(=O)N/N=C/c3cc(OC)cc(OC)c3)o2)cc1. The predicted molar refractivity (Wildman–Crippen MR) is 105 cm³/mol. The molecule has 0 aliphatic heterocycles. The van der Waals surface area contributed by atoms with Gasteiger partial charge in [0.2, 0.25) is 0 Å². The summed E-state index contributed by atoms with van der Waals surface area (Å²) in [6, 6.07) is 16.0. The fraction of sp³-hybridized carbons (Fsp3) is 0.143. The molecule has 0 bridgehead atoms. The quantitative estimate of drug-likeness (QED) is 0.499. The first-order valence-electron chi connectivity index (χ1n) is 8.43. The van der Waals surface area contributed by atoms with E-state index in [-0.39, 0.29) is 5.76 Å². The molecule has 7 nitrogen and oxygen atoms in total. The highest BCUT2D eigenvalue weighted by atomic mass is 16.5. The number of methoxy groups -OCH3 is 3. The van der Waals surface area contributed by atoms with E-state index in [9.17, 15) is 4.79 Å². The molecule has 1 amide bonds. The third-order valence-corrected chi connectivity index (χ3v) is 3.96. The molecule has 3 aromatic rings. The molecule has 0 saturated carbocycles. The third kappa shape index (κ3) is 4.50. The van der Waals surface area contributed by atoms with Crippen molar-refractivity contribution in [2.75, 3.05) is 21.3 Å². The summed E-state index contributed by atoms with van der Waals surface area (Å²) in [5.41, 5.74) is 4.00. The molecule has 1 aromatic heterocycles. The van der Waals surface area contributed by atoms with Crippen LogP contribution in [0.2, 0.25) is 0 Å². The van der Waals surface area contributed by atoms with Crippen molar-refractivity contribution in [1.29, 1.82) is 0 Å². The number of ether oxygens (including phenoxy) is 3. The Morgan fingerprint density at radius 2 is 1.54 bits per heavy atom. The van der Waals surface area contributed by atoms with E-state index in [1.165, 1.54) is 6.21 Å². The molecular formula is C21H20N2O5. The van der Waals surface area contributed by atoms with Crippen molar-refractivity contribution in [2.24, 2.45) is 5.10 Å². The van der Waals surface area contributed by atoms with E-state index in [4.69, 9.17) is 18.6 Å². The zero-order valence-corrected chi connectivity index (χ0v) is 15.8. The third-order valence-electron chi connectivity index (χ3n) is 3.96. The Kier molecular flexibility index (Phi) is 5.96. The highest BCUT2D eigenvalue weighted by Gasteiger charge is 2.11. The van der Waals surface area contributed by atoms with Crippen molar-refractivity contribution in [3.8, 4) is 28.6 Å². The Bertz CT molecular complexity index is 954. The summed E-state index contributed by atoms with van der Waals surface area (Å²) in [5.74, 6) is 2.28. The predicted octanol–water partition coefficient (Wildman–Crippen LogP) is 3.74. The number of nitrogens with one attached hydrogen (secondary N) is 1. The molecule has 0 atom stereocenters. The van der Waals surface area contributed by atoms with Crippen LogP contribution in [0.25, 0.3) is 11.3 Å². The minimum Gasteiger partial charge on any atom is -0.497 e. The number of nitrogens with zero attached hydrogens (tertiary/aromatic N) is 1. The van der Waals surface area contributed by atoms with E-state index < -0.39 is 5.91 Å². The van der Waals surface area contributed by atoms with Gasteiger partial charge in [-0.15, -0.1) is 0 Å². The van der Waals surface area contributed by atoms with Crippen molar-refractivity contribution in [3.63, 3.8) is 0 Å². The molecule has 0 aliphatic carbocycles. The molecule has 28 heavy (non-hydrogen) atoms. The lowest BCUT2D eigenvalue weighted by molar-refractivity contribution is 0.0928. The molecule has 1 N–H and O–H groups in total. The lowest BCUT2D eigenvalue weighted by Crippen LogP contribution is -2.16. The maximum absolute atomic E-state index is 12.2. The van der Waals surface area contributed by atoms with Gasteiger partial charge in [-0.05, 0) is 48.5 Å². The second-order valence-corrected chi connectivity index (χ2v) is 5.74. The van der Waals surface area contributed by atoms with Crippen LogP contribution in [-0.2, 0) is 0 Å². The van der Waals surface area contributed by atoms with Crippen LogP contribution in [0.1, 0.15) is 16.1 Å². The van der Waals surface area contributed by atoms with Crippen molar-refractivity contribution in [1.82, 2.24) is 5.43 Å². The standard InChI is InChI=1S/C21H20N2O5/c1-25-16-6-4-15(5-7-16)19-8-9-20(28-19)21(24)23-22-13-14-10-17(26-2)12-18(11-14)27-3/h4-13H,1-3H3,(H,23,24)/b22-13+. The molecule has 0 unspecified atom stereocenters. The van der Waals surface area contributed by atoms with Gasteiger partial charge < -0.3 is 18.6 Å². The number of furan rings is 1. The van der Waals surface area contributed by atoms with Gasteiger partial charge in [0.1, 0.15) is 23.0 Å². The number of rotatable bonds is 7. The van der Waals surface area contributed by atoms with Crippen molar-refractivity contribution >= 4 is 12.1 Å². The number of carbonyl (C=O) groups is 1. The highest BCUT2D eigenvalue weighted by molar-refractivity contribution is 5.93. The van der Waals surface area contributed by atoms with Gasteiger partial charge >= 0.3 is 5.91 Å². The number of hydrogen-bond acceptors (Lipinski definition) is 6. The summed E-state index contributed by atoms with van der Waals surface area (Å²) in [5, 5.41) is 3.96. The van der Waals surface area contributed by atoms with Crippen LogP contribution >= 0.6 is 0 Å². The van der Waals surface area contributed by atoms with Gasteiger partial charge in [-0.1, -0.05) is 0 Å². The molecule has 2 aromatic carbocycles. The van der Waals surface area contributed by atoms with Gasteiger partial charge in [0.15, 0.2) is 5.76 Å². The van der Waals surface area contributed by atoms with Crippen molar-refractivity contribution in [2.45, 2.75) is 0 Å². The fourth-order valence-corrected chi connectivity index (χ4v) is 2.49. The molecule has 7 heteroatoms. The maximum atomic E-state index is 12.2. The molecular weight excluding hydrogens is 360 g/mol. The molecule has 0 aliphatic rings. The first kappa shape index (κ1) is 19.0. The first-order valence-corrected chi connectivity index (χ1v) is 8.43. The number of benzene rings is 2. The van der Waals surface area contributed by atoms with Gasteiger partial charge in [-0.3, -0.25) is 4.79 Å². The zero-order chi connectivity index (χ0) is 19.9. The van der Waals surface area contributed by atoms with Crippen LogP contribution < -0.4 is 19.6 Å². The topological polar surface area (TPSA) is 82.3 Å². The summed E-state index contributed by atoms with van der Waals surface area (Å²) in [4.78, 5) is 12.2. The summed E-state index contributed by atoms with van der Waals surface area (Å²) in [6.45, 7) is 0. The Labute approximate surface area is 162 Å². The molecule has 144 valence electrons. The number of carbonyl (C=O) groups excluding carboxylic acids is 1. The molecule has 0 fully saturated rings. The summed E-state index contributed by atoms with van der Waals surface area (Å²) in [7, 11) is 4.73. The Morgan fingerprint density at radius 3 is 2.14 bits per heavy atom. The summed E-state index contributed by atoms with van der Waals surface area (Å²) < 4.78 is 21.1. The van der Waals surface area contributed by atoms with Gasteiger partial charge in [0, 0.05) is 17.2 Å². The zero-order valence-electron chi connectivity index (χ0n) is 15.8. The monoisotopic (exact) mass is 380 g/mol. The van der Waals surface area contributed by atoms with E-state index in [0.29, 0.717) is 17.3 Å². The van der Waals surface area contributed by atoms with E-state index in [1.807, 2.05) is 24.3 Å². The van der Waals surface area contributed by atoms with E-state index >= 15 is 0 Å². The molecule has 0 radical (unpaired) electrons. The summed E-state index contributed by atoms with van der Waals surface area (Å²) in [6.07, 6.45) is 1.50. The molecule has 3 rings (SSSR count). The number of hydrogen-bond donors (Lipinski definition) is 1.